The number of aryl methyl sites for hydroxylation is 2. The molecular weight excluding hydrogens is 400 g/mol. The third kappa shape index (κ3) is 4.88. The Morgan fingerprint density at radius 1 is 1.13 bits per heavy atom. The van der Waals surface area contributed by atoms with Gasteiger partial charge < -0.3 is 9.88 Å². The van der Waals surface area contributed by atoms with Crippen molar-refractivity contribution in [1.29, 1.82) is 0 Å². The molecule has 0 fully saturated rings. The van der Waals surface area contributed by atoms with E-state index in [0.717, 1.165) is 32.9 Å². The number of imidazole rings is 1. The summed E-state index contributed by atoms with van der Waals surface area (Å²) in [5, 5.41) is 2.84. The van der Waals surface area contributed by atoms with Crippen molar-refractivity contribution in [1.82, 2.24) is 14.9 Å². The summed E-state index contributed by atoms with van der Waals surface area (Å²) >= 11 is 0. The first kappa shape index (κ1) is 21.6. The summed E-state index contributed by atoms with van der Waals surface area (Å²) in [5.41, 5.74) is 4.38. The van der Waals surface area contributed by atoms with E-state index in [9.17, 15) is 13.2 Å². The summed E-state index contributed by atoms with van der Waals surface area (Å²) in [7, 11) is -3.64. The molecule has 1 N–H and O–H groups in total. The summed E-state index contributed by atoms with van der Waals surface area (Å²) in [6.45, 7) is 5.77. The topological polar surface area (TPSA) is 84.3 Å². The van der Waals surface area contributed by atoms with Gasteiger partial charge in [-0.15, -0.1) is 0 Å². The zero-order chi connectivity index (χ0) is 21.9. The molecule has 1 atom stereocenters. The third-order valence-corrected chi connectivity index (χ3v) is 6.28. The minimum atomic E-state index is -3.64. The highest BCUT2D eigenvalue weighted by molar-refractivity contribution is 7.92. The van der Waals surface area contributed by atoms with Crippen molar-refractivity contribution >= 4 is 21.6 Å². The Morgan fingerprint density at radius 3 is 2.40 bits per heavy atom. The van der Waals surface area contributed by atoms with E-state index in [1.807, 2.05) is 54.9 Å². The van der Waals surface area contributed by atoms with Crippen LogP contribution in [0.5, 0.6) is 0 Å². The van der Waals surface area contributed by atoms with Gasteiger partial charge in [-0.25, -0.2) is 13.4 Å². The molecule has 30 heavy (non-hydrogen) atoms. The maximum absolute atomic E-state index is 12.8. The lowest BCUT2D eigenvalue weighted by atomic mass is 10.1. The first-order valence-electron chi connectivity index (χ1n) is 9.58. The van der Waals surface area contributed by atoms with Crippen molar-refractivity contribution in [3.8, 4) is 5.69 Å². The third-order valence-electron chi connectivity index (χ3n) is 5.04. The van der Waals surface area contributed by atoms with E-state index in [1.165, 1.54) is 0 Å². The standard InChI is InChI=1S/C22H26N4O3S/c1-16-5-8-21(13-17(16)2)26(30(4,28)29)18(3)22(27)24-14-19-6-9-20(10-7-19)25-12-11-23-15-25/h5-13,15,18H,14H2,1-4H3,(H,24,27)/t18-/m1/s1. The predicted molar refractivity (Wildman–Crippen MR) is 118 cm³/mol. The molecule has 0 unspecified atom stereocenters. The summed E-state index contributed by atoms with van der Waals surface area (Å²) < 4.78 is 27.9. The van der Waals surface area contributed by atoms with Crippen molar-refractivity contribution in [3.05, 3.63) is 77.9 Å². The number of nitrogens with zero attached hydrogens (tertiary/aromatic N) is 3. The molecule has 0 aliphatic heterocycles. The van der Waals surface area contributed by atoms with Gasteiger partial charge in [0.2, 0.25) is 15.9 Å². The molecule has 1 aromatic heterocycles. The minimum absolute atomic E-state index is 0.303. The molecule has 1 heterocycles. The van der Waals surface area contributed by atoms with Crippen LogP contribution in [0.25, 0.3) is 5.69 Å². The van der Waals surface area contributed by atoms with Crippen LogP contribution in [0.3, 0.4) is 0 Å². The van der Waals surface area contributed by atoms with Crippen LogP contribution in [0.15, 0.2) is 61.2 Å². The molecule has 8 heteroatoms. The monoisotopic (exact) mass is 426 g/mol. The van der Waals surface area contributed by atoms with Gasteiger partial charge in [-0.2, -0.15) is 0 Å². The molecule has 2 aromatic carbocycles. The van der Waals surface area contributed by atoms with Crippen LogP contribution in [-0.2, 0) is 21.4 Å². The number of carbonyl (C=O) groups is 1. The summed E-state index contributed by atoms with van der Waals surface area (Å²) in [6.07, 6.45) is 6.38. The average Bonchev–Trinajstić information content (AvgIpc) is 3.23. The first-order chi connectivity index (χ1) is 14.2. The van der Waals surface area contributed by atoms with Gasteiger partial charge in [-0.3, -0.25) is 9.10 Å². The molecule has 0 saturated heterocycles. The average molecular weight is 427 g/mol. The van der Waals surface area contributed by atoms with Crippen molar-refractivity contribution in [2.24, 2.45) is 0 Å². The Balaban J connectivity index is 1.71. The van der Waals surface area contributed by atoms with Crippen molar-refractivity contribution < 1.29 is 13.2 Å². The summed E-state index contributed by atoms with van der Waals surface area (Å²) in [6, 6.07) is 12.2. The molecule has 0 aliphatic rings. The fraction of sp³-hybridized carbons (Fsp3) is 0.273. The fourth-order valence-corrected chi connectivity index (χ4v) is 4.37. The van der Waals surface area contributed by atoms with Crippen molar-refractivity contribution in [2.75, 3.05) is 10.6 Å². The Morgan fingerprint density at radius 2 is 1.83 bits per heavy atom. The molecular formula is C22H26N4O3S. The number of aromatic nitrogens is 2. The van der Waals surface area contributed by atoms with Crippen LogP contribution in [0.1, 0.15) is 23.6 Å². The number of anilines is 1. The lowest BCUT2D eigenvalue weighted by molar-refractivity contribution is -0.122. The number of hydrogen-bond donors (Lipinski definition) is 1. The Hall–Kier alpha value is -3.13. The Labute approximate surface area is 177 Å². The Bertz CT molecular complexity index is 1120. The smallest absolute Gasteiger partial charge is 0.243 e. The van der Waals surface area contributed by atoms with E-state index < -0.39 is 16.1 Å². The van der Waals surface area contributed by atoms with E-state index in [2.05, 4.69) is 10.3 Å². The minimum Gasteiger partial charge on any atom is -0.350 e. The number of carbonyl (C=O) groups excluding carboxylic acids is 1. The van der Waals surface area contributed by atoms with E-state index in [-0.39, 0.29) is 5.91 Å². The van der Waals surface area contributed by atoms with Gasteiger partial charge in [0.15, 0.2) is 0 Å². The van der Waals surface area contributed by atoms with Gasteiger partial charge >= 0.3 is 0 Å². The molecule has 3 rings (SSSR count). The second kappa shape index (κ2) is 8.71. The number of rotatable bonds is 7. The summed E-state index contributed by atoms with van der Waals surface area (Å²) in [4.78, 5) is 16.8. The largest absolute Gasteiger partial charge is 0.350 e. The van der Waals surface area contributed by atoms with E-state index >= 15 is 0 Å². The highest BCUT2D eigenvalue weighted by Gasteiger charge is 2.29. The number of amides is 1. The summed E-state index contributed by atoms with van der Waals surface area (Å²) in [5.74, 6) is -0.364. The molecule has 0 radical (unpaired) electrons. The van der Waals surface area contributed by atoms with Crippen molar-refractivity contribution in [2.45, 2.75) is 33.4 Å². The zero-order valence-corrected chi connectivity index (χ0v) is 18.3. The van der Waals surface area contributed by atoms with Crippen LogP contribution in [0.4, 0.5) is 5.69 Å². The Kier molecular flexibility index (Phi) is 6.26. The van der Waals surface area contributed by atoms with Gasteiger partial charge in [0.1, 0.15) is 6.04 Å². The molecule has 0 bridgehead atoms. The molecule has 0 spiro atoms. The molecule has 1 amide bonds. The van der Waals surface area contributed by atoms with Crippen molar-refractivity contribution in [3.63, 3.8) is 0 Å². The molecule has 7 nitrogen and oxygen atoms in total. The van der Waals surface area contributed by atoms with E-state index in [4.69, 9.17) is 0 Å². The molecule has 158 valence electrons. The lowest BCUT2D eigenvalue weighted by Gasteiger charge is -2.28. The van der Waals surface area contributed by atoms with Crippen LogP contribution < -0.4 is 9.62 Å². The van der Waals surface area contributed by atoms with Crippen LogP contribution >= 0.6 is 0 Å². The normalized spacial score (nSPS) is 12.4. The number of hydrogen-bond acceptors (Lipinski definition) is 4. The maximum atomic E-state index is 12.8. The van der Waals surface area contributed by atoms with Crippen LogP contribution in [-0.4, -0.2) is 36.2 Å². The van der Waals surface area contributed by atoms with Gasteiger partial charge in [0.05, 0.1) is 18.3 Å². The number of sulfonamides is 1. The second-order valence-corrected chi connectivity index (χ2v) is 9.22. The number of nitrogens with one attached hydrogen (secondary N) is 1. The van der Waals surface area contributed by atoms with Gasteiger partial charge in [-0.05, 0) is 61.7 Å². The van der Waals surface area contributed by atoms with Gasteiger partial charge in [0, 0.05) is 24.6 Å². The molecule has 0 saturated carbocycles. The fourth-order valence-electron chi connectivity index (χ4n) is 3.21. The predicted octanol–water partition coefficient (Wildman–Crippen LogP) is 2.96. The quantitative estimate of drug-likeness (QED) is 0.630. The maximum Gasteiger partial charge on any atom is 0.243 e. The van der Waals surface area contributed by atoms with E-state index in [0.29, 0.717) is 12.2 Å². The molecule has 3 aromatic rings. The highest BCUT2D eigenvalue weighted by atomic mass is 32.2. The first-order valence-corrected chi connectivity index (χ1v) is 11.4. The van der Waals surface area contributed by atoms with Crippen LogP contribution in [0.2, 0.25) is 0 Å². The SMILES string of the molecule is Cc1ccc(N([C@H](C)C(=O)NCc2ccc(-n3ccnc3)cc2)S(C)(=O)=O)cc1C. The van der Waals surface area contributed by atoms with Gasteiger partial charge in [-0.1, -0.05) is 18.2 Å². The van der Waals surface area contributed by atoms with Crippen LogP contribution in [0, 0.1) is 13.8 Å². The van der Waals surface area contributed by atoms with Gasteiger partial charge in [0.25, 0.3) is 0 Å². The second-order valence-electron chi connectivity index (χ2n) is 7.36. The molecule has 0 aliphatic carbocycles. The van der Waals surface area contributed by atoms with E-state index in [1.54, 1.807) is 31.6 Å². The lowest BCUT2D eigenvalue weighted by Crippen LogP contribution is -2.47. The number of benzene rings is 2. The zero-order valence-electron chi connectivity index (χ0n) is 17.5. The highest BCUT2D eigenvalue weighted by Crippen LogP contribution is 2.23.